The highest BCUT2D eigenvalue weighted by Crippen LogP contribution is 2.16. The molecular weight excluding hydrogens is 322 g/mol. The smallest absolute Gasteiger partial charge is 0.246 e. The predicted molar refractivity (Wildman–Crippen MR) is 99.4 cm³/mol. The van der Waals surface area contributed by atoms with Crippen molar-refractivity contribution in [3.8, 4) is 0 Å². The van der Waals surface area contributed by atoms with E-state index in [9.17, 15) is 4.79 Å². The zero-order valence-corrected chi connectivity index (χ0v) is 14.8. The van der Waals surface area contributed by atoms with Crippen LogP contribution >= 0.6 is 11.3 Å². The average Bonchev–Trinajstić information content (AvgIpc) is 3.06. The van der Waals surface area contributed by atoms with E-state index in [4.69, 9.17) is 0 Å². The summed E-state index contributed by atoms with van der Waals surface area (Å²) in [5, 5.41) is 9.16. The van der Waals surface area contributed by atoms with Gasteiger partial charge >= 0.3 is 0 Å². The number of amides is 1. The van der Waals surface area contributed by atoms with Gasteiger partial charge in [0.05, 0.1) is 18.4 Å². The summed E-state index contributed by atoms with van der Waals surface area (Å²) in [5.74, 6) is 0.454. The molecule has 6 nitrogen and oxygen atoms in total. The average molecular weight is 345 g/mol. The van der Waals surface area contributed by atoms with E-state index in [1.807, 2.05) is 6.92 Å². The van der Waals surface area contributed by atoms with Crippen LogP contribution in [-0.2, 0) is 17.8 Å². The van der Waals surface area contributed by atoms with Crippen LogP contribution in [0.2, 0.25) is 0 Å². The van der Waals surface area contributed by atoms with Gasteiger partial charge in [0, 0.05) is 22.5 Å². The molecule has 0 radical (unpaired) electrons. The molecule has 2 rings (SSSR count). The van der Waals surface area contributed by atoms with Crippen molar-refractivity contribution in [3.63, 3.8) is 0 Å². The van der Waals surface area contributed by atoms with Crippen molar-refractivity contribution in [2.75, 3.05) is 18.4 Å². The number of aliphatic imine (C=N–C) groups is 1. The zero-order valence-electron chi connectivity index (χ0n) is 14.0. The Kier molecular flexibility index (Phi) is 7.22. The van der Waals surface area contributed by atoms with E-state index in [1.165, 1.54) is 9.75 Å². The Morgan fingerprint density at radius 1 is 1.21 bits per heavy atom. The van der Waals surface area contributed by atoms with Gasteiger partial charge in [-0.05, 0) is 37.6 Å². The number of pyridine rings is 1. The first-order valence-corrected chi connectivity index (χ1v) is 8.82. The summed E-state index contributed by atoms with van der Waals surface area (Å²) >= 11 is 1.79. The van der Waals surface area contributed by atoms with Crippen LogP contribution in [0.15, 0.2) is 41.7 Å². The van der Waals surface area contributed by atoms with Crippen molar-refractivity contribution >= 4 is 28.9 Å². The van der Waals surface area contributed by atoms with Gasteiger partial charge in [-0.1, -0.05) is 6.92 Å². The minimum atomic E-state index is -0.176. The number of nitrogens with one attached hydrogen (secondary N) is 3. The number of guanidine groups is 1. The molecule has 2 aromatic heterocycles. The molecule has 0 aliphatic heterocycles. The molecule has 24 heavy (non-hydrogen) atoms. The molecule has 0 saturated heterocycles. The van der Waals surface area contributed by atoms with Gasteiger partial charge in [0.25, 0.3) is 0 Å². The normalized spacial score (nSPS) is 11.2. The quantitative estimate of drug-likeness (QED) is 0.532. The molecule has 128 valence electrons. The number of aryl methyl sites for hydroxylation is 1. The molecule has 0 aliphatic rings. The largest absolute Gasteiger partial charge is 0.357 e. The van der Waals surface area contributed by atoms with Gasteiger partial charge in [-0.2, -0.15) is 0 Å². The first kappa shape index (κ1) is 17.9. The van der Waals surface area contributed by atoms with Crippen molar-refractivity contribution in [2.24, 2.45) is 4.99 Å². The SMILES string of the molecule is CCNC(=NCC(=O)Nc1cccnc1)NCc1ccc(CC)s1. The molecule has 2 heterocycles. The van der Waals surface area contributed by atoms with Crippen molar-refractivity contribution in [1.82, 2.24) is 15.6 Å². The van der Waals surface area contributed by atoms with Gasteiger partial charge in [-0.25, -0.2) is 4.99 Å². The number of aromatic nitrogens is 1. The number of hydrogen-bond acceptors (Lipinski definition) is 4. The third-order valence-electron chi connectivity index (χ3n) is 3.17. The van der Waals surface area contributed by atoms with Gasteiger partial charge in [0.2, 0.25) is 5.91 Å². The molecule has 0 aliphatic carbocycles. The highest BCUT2D eigenvalue weighted by atomic mass is 32.1. The molecule has 0 spiro atoms. The topological polar surface area (TPSA) is 78.4 Å². The minimum Gasteiger partial charge on any atom is -0.357 e. The van der Waals surface area contributed by atoms with Crippen LogP contribution in [0.25, 0.3) is 0 Å². The third kappa shape index (κ3) is 6.00. The lowest BCUT2D eigenvalue weighted by molar-refractivity contribution is -0.114. The van der Waals surface area contributed by atoms with E-state index in [-0.39, 0.29) is 12.5 Å². The lowest BCUT2D eigenvalue weighted by Gasteiger charge is -2.10. The molecule has 7 heteroatoms. The number of nitrogens with zero attached hydrogens (tertiary/aromatic N) is 2. The molecule has 0 unspecified atom stereocenters. The molecule has 0 bridgehead atoms. The maximum Gasteiger partial charge on any atom is 0.246 e. The standard InChI is InChI=1S/C17H23N5OS/c1-3-14-7-8-15(24-14)11-20-17(19-4-2)21-12-16(23)22-13-6-5-9-18-10-13/h5-10H,3-4,11-12H2,1-2H3,(H,22,23)(H2,19,20,21). The second kappa shape index (κ2) is 9.67. The maximum atomic E-state index is 11.9. The Morgan fingerprint density at radius 2 is 2.04 bits per heavy atom. The monoisotopic (exact) mass is 345 g/mol. The summed E-state index contributed by atoms with van der Waals surface area (Å²) in [7, 11) is 0. The van der Waals surface area contributed by atoms with Crippen molar-refractivity contribution in [3.05, 3.63) is 46.4 Å². The molecule has 0 atom stereocenters. The molecule has 0 fully saturated rings. The lowest BCUT2D eigenvalue weighted by Crippen LogP contribution is -2.37. The molecule has 0 aromatic carbocycles. The highest BCUT2D eigenvalue weighted by Gasteiger charge is 2.04. The maximum absolute atomic E-state index is 11.9. The van der Waals surface area contributed by atoms with Crippen molar-refractivity contribution in [2.45, 2.75) is 26.8 Å². The highest BCUT2D eigenvalue weighted by molar-refractivity contribution is 7.11. The number of carbonyl (C=O) groups excluding carboxylic acids is 1. The number of rotatable bonds is 7. The summed E-state index contributed by atoms with van der Waals surface area (Å²) in [5.41, 5.74) is 0.668. The summed E-state index contributed by atoms with van der Waals surface area (Å²) in [6, 6.07) is 7.83. The minimum absolute atomic E-state index is 0.0505. The Bertz CT molecular complexity index is 669. The van der Waals surface area contributed by atoms with E-state index < -0.39 is 0 Å². The third-order valence-corrected chi connectivity index (χ3v) is 4.40. The molecule has 0 saturated carbocycles. The summed E-state index contributed by atoms with van der Waals surface area (Å²) in [4.78, 5) is 22.8. The fourth-order valence-corrected chi connectivity index (χ4v) is 2.91. The van der Waals surface area contributed by atoms with Crippen LogP contribution in [-0.4, -0.2) is 29.9 Å². The van der Waals surface area contributed by atoms with E-state index >= 15 is 0 Å². The van der Waals surface area contributed by atoms with Gasteiger partial charge in [0.1, 0.15) is 6.54 Å². The van der Waals surface area contributed by atoms with E-state index in [0.29, 0.717) is 18.2 Å². The Morgan fingerprint density at radius 3 is 2.71 bits per heavy atom. The van der Waals surface area contributed by atoms with Crippen LogP contribution in [0.1, 0.15) is 23.6 Å². The van der Waals surface area contributed by atoms with Crippen LogP contribution < -0.4 is 16.0 Å². The summed E-state index contributed by atoms with van der Waals surface area (Å²) in [6.45, 7) is 5.62. The van der Waals surface area contributed by atoms with Crippen LogP contribution in [0.5, 0.6) is 0 Å². The summed E-state index contributed by atoms with van der Waals surface area (Å²) in [6.07, 6.45) is 4.32. The number of thiophene rings is 1. The van der Waals surface area contributed by atoms with E-state index in [1.54, 1.807) is 35.9 Å². The van der Waals surface area contributed by atoms with Crippen LogP contribution in [0.3, 0.4) is 0 Å². The van der Waals surface area contributed by atoms with Gasteiger partial charge in [-0.3, -0.25) is 9.78 Å². The van der Waals surface area contributed by atoms with Gasteiger partial charge < -0.3 is 16.0 Å². The molecule has 1 amide bonds. The van der Waals surface area contributed by atoms with Crippen molar-refractivity contribution in [1.29, 1.82) is 0 Å². The first-order chi connectivity index (χ1) is 11.7. The first-order valence-electron chi connectivity index (χ1n) is 8.01. The van der Waals surface area contributed by atoms with Gasteiger partial charge in [0.15, 0.2) is 5.96 Å². The van der Waals surface area contributed by atoms with Gasteiger partial charge in [-0.15, -0.1) is 11.3 Å². The molecule has 2 aromatic rings. The fourth-order valence-electron chi connectivity index (χ4n) is 2.01. The molecule has 3 N–H and O–H groups in total. The Labute approximate surface area is 146 Å². The second-order valence-corrected chi connectivity index (χ2v) is 6.31. The number of carbonyl (C=O) groups is 1. The second-order valence-electron chi connectivity index (χ2n) is 5.06. The summed E-state index contributed by atoms with van der Waals surface area (Å²) < 4.78 is 0. The number of hydrogen-bond donors (Lipinski definition) is 3. The van der Waals surface area contributed by atoms with Crippen molar-refractivity contribution < 1.29 is 4.79 Å². The Hall–Kier alpha value is -2.41. The zero-order chi connectivity index (χ0) is 17.2. The van der Waals surface area contributed by atoms with E-state index in [0.717, 1.165) is 13.0 Å². The molecular formula is C17H23N5OS. The van der Waals surface area contributed by atoms with E-state index in [2.05, 4.69) is 45.0 Å². The Balaban J connectivity index is 1.86. The fraction of sp³-hybridized carbons (Fsp3) is 0.353. The predicted octanol–water partition coefficient (Wildman–Crippen LogP) is 2.40. The van der Waals surface area contributed by atoms with Crippen LogP contribution in [0, 0.1) is 0 Å². The van der Waals surface area contributed by atoms with Crippen LogP contribution in [0.4, 0.5) is 5.69 Å². The lowest BCUT2D eigenvalue weighted by atomic mass is 10.3. The number of anilines is 1.